The Morgan fingerprint density at radius 1 is 1.50 bits per heavy atom. The lowest BCUT2D eigenvalue weighted by molar-refractivity contribution is -0.386. The molecule has 0 aliphatic heterocycles. The molecule has 18 heavy (non-hydrogen) atoms. The van der Waals surface area contributed by atoms with Crippen molar-refractivity contribution in [2.45, 2.75) is 26.1 Å². The van der Waals surface area contributed by atoms with E-state index in [9.17, 15) is 14.9 Å². The Morgan fingerprint density at radius 3 is 2.67 bits per heavy atom. The lowest BCUT2D eigenvalue weighted by Gasteiger charge is -2.07. The first kappa shape index (κ1) is 14.4. The molecule has 0 unspecified atom stereocenters. The highest BCUT2D eigenvalue weighted by molar-refractivity contribution is 6.17. The predicted octanol–water partition coefficient (Wildman–Crippen LogP) is 2.75. The zero-order chi connectivity index (χ0) is 13.7. The minimum atomic E-state index is -0.484. The van der Waals surface area contributed by atoms with Gasteiger partial charge in [-0.2, -0.15) is 0 Å². The normalized spacial score (nSPS) is 10.2. The van der Waals surface area contributed by atoms with Gasteiger partial charge in [0.25, 0.3) is 5.69 Å². The fourth-order valence-corrected chi connectivity index (χ4v) is 1.93. The van der Waals surface area contributed by atoms with Crippen molar-refractivity contribution in [1.29, 1.82) is 0 Å². The number of hydrogen-bond donors (Lipinski definition) is 0. The molecule has 0 atom stereocenters. The number of rotatable bonds is 5. The third-order valence-electron chi connectivity index (χ3n) is 2.42. The molecular weight excluding hydrogens is 258 g/mol. The van der Waals surface area contributed by atoms with Crippen molar-refractivity contribution < 1.29 is 14.5 Å². The van der Waals surface area contributed by atoms with Crippen LogP contribution in [0.3, 0.4) is 0 Å². The molecular formula is C12H14ClNO4. The van der Waals surface area contributed by atoms with Gasteiger partial charge in [-0.05, 0) is 31.5 Å². The summed E-state index contributed by atoms with van der Waals surface area (Å²) in [5.74, 6) is -0.235. The maximum atomic E-state index is 11.4. The Morgan fingerprint density at radius 2 is 2.17 bits per heavy atom. The molecule has 0 aliphatic carbocycles. The largest absolute Gasteiger partial charge is 0.466 e. The summed E-state index contributed by atoms with van der Waals surface area (Å²) in [7, 11) is 0. The number of aryl methyl sites for hydroxylation is 1. The van der Waals surface area contributed by atoms with E-state index in [0.29, 0.717) is 11.1 Å². The molecule has 0 saturated heterocycles. The van der Waals surface area contributed by atoms with Crippen molar-refractivity contribution in [3.63, 3.8) is 0 Å². The zero-order valence-corrected chi connectivity index (χ0v) is 11.0. The summed E-state index contributed by atoms with van der Waals surface area (Å²) in [6, 6.07) is 3.23. The zero-order valence-electron chi connectivity index (χ0n) is 10.2. The van der Waals surface area contributed by atoms with E-state index in [1.54, 1.807) is 26.0 Å². The van der Waals surface area contributed by atoms with Gasteiger partial charge < -0.3 is 4.74 Å². The van der Waals surface area contributed by atoms with E-state index < -0.39 is 10.9 Å². The van der Waals surface area contributed by atoms with Gasteiger partial charge in [-0.3, -0.25) is 14.9 Å². The van der Waals surface area contributed by atoms with Crippen LogP contribution < -0.4 is 0 Å². The number of carbonyl (C=O) groups excluding carboxylic acids is 1. The van der Waals surface area contributed by atoms with Gasteiger partial charge in [-0.15, -0.1) is 11.6 Å². The molecule has 0 bridgehead atoms. The molecule has 0 radical (unpaired) electrons. The van der Waals surface area contributed by atoms with E-state index in [0.717, 1.165) is 5.56 Å². The van der Waals surface area contributed by atoms with E-state index in [1.165, 1.54) is 0 Å². The van der Waals surface area contributed by atoms with Gasteiger partial charge in [0.05, 0.1) is 18.0 Å². The first-order valence-corrected chi connectivity index (χ1v) is 6.01. The van der Waals surface area contributed by atoms with Crippen LogP contribution in [0.4, 0.5) is 5.69 Å². The number of nitrogens with zero attached hydrogens (tertiary/aromatic N) is 1. The number of nitro groups is 1. The Labute approximate surface area is 110 Å². The number of carbonyl (C=O) groups is 1. The average Bonchev–Trinajstić information content (AvgIpc) is 2.27. The van der Waals surface area contributed by atoms with Gasteiger partial charge in [0.2, 0.25) is 0 Å². The van der Waals surface area contributed by atoms with Crippen LogP contribution in [0.25, 0.3) is 0 Å². The monoisotopic (exact) mass is 271 g/mol. The van der Waals surface area contributed by atoms with Gasteiger partial charge in [-0.25, -0.2) is 0 Å². The van der Waals surface area contributed by atoms with E-state index in [4.69, 9.17) is 16.3 Å². The van der Waals surface area contributed by atoms with Crippen LogP contribution in [0.1, 0.15) is 23.6 Å². The molecule has 1 aromatic rings. The van der Waals surface area contributed by atoms with Gasteiger partial charge in [0.15, 0.2) is 0 Å². The smallest absolute Gasteiger partial charge is 0.310 e. The van der Waals surface area contributed by atoms with E-state index in [-0.39, 0.29) is 24.6 Å². The van der Waals surface area contributed by atoms with Gasteiger partial charge in [0, 0.05) is 17.0 Å². The minimum absolute atomic E-state index is 0.0445. The highest BCUT2D eigenvalue weighted by atomic mass is 35.5. The minimum Gasteiger partial charge on any atom is -0.466 e. The van der Waals surface area contributed by atoms with E-state index >= 15 is 0 Å². The molecule has 0 fully saturated rings. The number of ether oxygens (including phenoxy) is 1. The fourth-order valence-electron chi connectivity index (χ4n) is 1.77. The van der Waals surface area contributed by atoms with Gasteiger partial charge in [0.1, 0.15) is 0 Å². The maximum Gasteiger partial charge on any atom is 0.310 e. The molecule has 0 N–H and O–H groups in total. The highest BCUT2D eigenvalue weighted by Crippen LogP contribution is 2.26. The third kappa shape index (κ3) is 3.43. The molecule has 1 aromatic carbocycles. The van der Waals surface area contributed by atoms with Gasteiger partial charge in [-0.1, -0.05) is 0 Å². The van der Waals surface area contributed by atoms with Crippen LogP contribution in [0, 0.1) is 17.0 Å². The number of halogens is 1. The predicted molar refractivity (Wildman–Crippen MR) is 67.7 cm³/mol. The topological polar surface area (TPSA) is 69.4 Å². The Bertz CT molecular complexity index is 473. The average molecular weight is 272 g/mol. The second-order valence-corrected chi connectivity index (χ2v) is 4.06. The van der Waals surface area contributed by atoms with Crippen molar-refractivity contribution in [3.05, 3.63) is 38.9 Å². The standard InChI is InChI=1S/C12H14ClNO4/c1-3-18-11(15)6-10-5-9(7-13)4-8(2)12(10)14(16)17/h4-5H,3,6-7H2,1-2H3. The Hall–Kier alpha value is -1.62. The van der Waals surface area contributed by atoms with E-state index in [2.05, 4.69) is 0 Å². The summed E-state index contributed by atoms with van der Waals surface area (Å²) >= 11 is 5.71. The Balaban J connectivity index is 3.17. The molecule has 98 valence electrons. The summed E-state index contributed by atoms with van der Waals surface area (Å²) in [5, 5.41) is 11.0. The molecule has 0 amide bonds. The summed E-state index contributed by atoms with van der Waals surface area (Å²) < 4.78 is 4.80. The number of alkyl halides is 1. The van der Waals surface area contributed by atoms with Crippen LogP contribution in [0.15, 0.2) is 12.1 Å². The van der Waals surface area contributed by atoms with Crippen LogP contribution in [-0.4, -0.2) is 17.5 Å². The highest BCUT2D eigenvalue weighted by Gasteiger charge is 2.20. The van der Waals surface area contributed by atoms with Crippen LogP contribution in [-0.2, 0) is 21.8 Å². The first-order valence-electron chi connectivity index (χ1n) is 5.48. The molecule has 0 aliphatic rings. The molecule has 5 nitrogen and oxygen atoms in total. The number of nitro benzene ring substituents is 1. The summed E-state index contributed by atoms with van der Waals surface area (Å²) in [5.41, 5.74) is 1.54. The van der Waals surface area contributed by atoms with Crippen molar-refractivity contribution in [2.75, 3.05) is 6.61 Å². The fraction of sp³-hybridized carbons (Fsp3) is 0.417. The quantitative estimate of drug-likeness (QED) is 0.357. The molecule has 0 aromatic heterocycles. The maximum absolute atomic E-state index is 11.4. The van der Waals surface area contributed by atoms with Crippen LogP contribution >= 0.6 is 11.6 Å². The van der Waals surface area contributed by atoms with Gasteiger partial charge >= 0.3 is 5.97 Å². The third-order valence-corrected chi connectivity index (χ3v) is 2.72. The van der Waals surface area contributed by atoms with Crippen molar-refractivity contribution in [1.82, 2.24) is 0 Å². The number of benzene rings is 1. The van der Waals surface area contributed by atoms with Crippen molar-refractivity contribution in [2.24, 2.45) is 0 Å². The number of hydrogen-bond acceptors (Lipinski definition) is 4. The number of esters is 1. The Kier molecular flexibility index (Phi) is 5.09. The van der Waals surface area contributed by atoms with Crippen LogP contribution in [0.2, 0.25) is 0 Å². The lowest BCUT2D eigenvalue weighted by Crippen LogP contribution is -2.10. The second-order valence-electron chi connectivity index (χ2n) is 3.79. The van der Waals surface area contributed by atoms with E-state index in [1.807, 2.05) is 0 Å². The van der Waals surface area contributed by atoms with Crippen LogP contribution in [0.5, 0.6) is 0 Å². The first-order chi connectivity index (χ1) is 8.49. The van der Waals surface area contributed by atoms with Crippen molar-refractivity contribution in [3.8, 4) is 0 Å². The lowest BCUT2D eigenvalue weighted by atomic mass is 10.0. The molecule has 0 spiro atoms. The van der Waals surface area contributed by atoms with Crippen molar-refractivity contribution >= 4 is 23.3 Å². The second kappa shape index (κ2) is 6.35. The molecule has 0 saturated carbocycles. The summed E-state index contributed by atoms with van der Waals surface area (Å²) in [4.78, 5) is 21.9. The molecule has 1 rings (SSSR count). The summed E-state index contributed by atoms with van der Waals surface area (Å²) in [6.45, 7) is 3.57. The SMILES string of the molecule is CCOC(=O)Cc1cc(CCl)cc(C)c1[N+](=O)[O-]. The molecule has 0 heterocycles. The molecule has 6 heteroatoms. The summed E-state index contributed by atoms with van der Waals surface area (Å²) in [6.07, 6.45) is -0.115.